The molecule has 10 heteroatoms. The maximum atomic E-state index is 13.5. The average Bonchev–Trinajstić information content (AvgIpc) is 3.50. The third-order valence-corrected chi connectivity index (χ3v) is 7.87. The number of nitrogens with zero attached hydrogens (tertiary/aromatic N) is 3. The third-order valence-electron chi connectivity index (χ3n) is 6.77. The van der Waals surface area contributed by atoms with Gasteiger partial charge in [-0.1, -0.05) is 18.2 Å². The number of carbonyl (C=O) groups is 3. The predicted octanol–water partition coefficient (Wildman–Crippen LogP) is 6.35. The van der Waals surface area contributed by atoms with Crippen LogP contribution in [0, 0.1) is 6.92 Å². The van der Waals surface area contributed by atoms with Crippen molar-refractivity contribution in [3.05, 3.63) is 71.2 Å². The van der Waals surface area contributed by atoms with E-state index in [1.807, 2.05) is 55.5 Å². The minimum Gasteiger partial charge on any atom is -0.457 e. The molecule has 0 bridgehead atoms. The van der Waals surface area contributed by atoms with Crippen LogP contribution in [0.3, 0.4) is 0 Å². The van der Waals surface area contributed by atoms with E-state index >= 15 is 0 Å². The zero-order chi connectivity index (χ0) is 27.1. The number of rotatable bonds is 5. The number of ether oxygens (including phenoxy) is 1. The van der Waals surface area contributed by atoms with Crippen LogP contribution >= 0.6 is 11.3 Å². The van der Waals surface area contributed by atoms with E-state index < -0.39 is 0 Å². The van der Waals surface area contributed by atoms with Crippen molar-refractivity contribution in [1.29, 1.82) is 0 Å². The van der Waals surface area contributed by atoms with E-state index in [1.54, 1.807) is 17.2 Å². The van der Waals surface area contributed by atoms with Crippen molar-refractivity contribution in [2.75, 3.05) is 10.2 Å². The molecule has 2 aromatic carbocycles. The van der Waals surface area contributed by atoms with Gasteiger partial charge in [0.2, 0.25) is 5.91 Å². The normalized spacial score (nSPS) is 17.4. The molecule has 1 atom stereocenters. The van der Waals surface area contributed by atoms with Crippen molar-refractivity contribution in [3.63, 3.8) is 0 Å². The summed E-state index contributed by atoms with van der Waals surface area (Å²) in [4.78, 5) is 49.5. The molecule has 1 aliphatic heterocycles. The van der Waals surface area contributed by atoms with Crippen molar-refractivity contribution in [3.8, 4) is 11.5 Å². The topological polar surface area (TPSA) is 113 Å². The number of anilines is 3. The molecular formula is C29H25N5O4S. The van der Waals surface area contributed by atoms with Crippen molar-refractivity contribution in [2.45, 2.75) is 39.2 Å². The van der Waals surface area contributed by atoms with E-state index in [4.69, 9.17) is 4.74 Å². The second-order valence-corrected chi connectivity index (χ2v) is 10.5. The summed E-state index contributed by atoms with van der Waals surface area (Å²) < 4.78 is 5.96. The average molecular weight is 540 g/mol. The van der Waals surface area contributed by atoms with Crippen LogP contribution in [0.2, 0.25) is 0 Å². The van der Waals surface area contributed by atoms with Gasteiger partial charge in [0.05, 0.1) is 28.5 Å². The lowest BCUT2D eigenvalue weighted by atomic mass is 10.1. The first-order valence-electron chi connectivity index (χ1n) is 12.6. The number of hydrogen-bond acceptors (Lipinski definition) is 6. The molecule has 2 aliphatic rings. The van der Waals surface area contributed by atoms with E-state index in [-0.39, 0.29) is 23.9 Å². The van der Waals surface area contributed by atoms with Gasteiger partial charge in [0.25, 0.3) is 5.91 Å². The molecule has 0 radical (unpaired) electrons. The van der Waals surface area contributed by atoms with E-state index in [0.717, 1.165) is 17.7 Å². The lowest BCUT2D eigenvalue weighted by Crippen LogP contribution is -2.39. The molecule has 6 rings (SSSR count). The lowest BCUT2D eigenvalue weighted by Gasteiger charge is -2.29. The first-order valence-corrected chi connectivity index (χ1v) is 13.5. The fourth-order valence-electron chi connectivity index (χ4n) is 5.09. The van der Waals surface area contributed by atoms with Crippen LogP contribution in [0.15, 0.2) is 65.8 Å². The first-order chi connectivity index (χ1) is 18.9. The van der Waals surface area contributed by atoms with E-state index in [9.17, 15) is 14.4 Å². The highest BCUT2D eigenvalue weighted by Crippen LogP contribution is 2.46. The van der Waals surface area contributed by atoms with Gasteiger partial charge < -0.3 is 15.4 Å². The molecule has 4 amide bonds. The van der Waals surface area contributed by atoms with Gasteiger partial charge in [-0.15, -0.1) is 11.3 Å². The molecule has 4 aromatic rings. The van der Waals surface area contributed by atoms with Gasteiger partial charge in [-0.05, 0) is 68.1 Å². The van der Waals surface area contributed by atoms with Crippen LogP contribution in [0.4, 0.5) is 21.9 Å². The summed E-state index contributed by atoms with van der Waals surface area (Å²) in [6.07, 6.45) is 3.88. The molecule has 3 heterocycles. The zero-order valence-corrected chi connectivity index (χ0v) is 22.2. The molecule has 9 nitrogen and oxygen atoms in total. The highest BCUT2D eigenvalue weighted by Gasteiger charge is 2.34. The van der Waals surface area contributed by atoms with Gasteiger partial charge in [-0.25, -0.2) is 14.8 Å². The Balaban J connectivity index is 1.33. The van der Waals surface area contributed by atoms with Crippen LogP contribution in [-0.4, -0.2) is 34.6 Å². The minimum atomic E-state index is -0.373. The van der Waals surface area contributed by atoms with Crippen molar-refractivity contribution < 1.29 is 19.1 Å². The van der Waals surface area contributed by atoms with Gasteiger partial charge in [-0.2, -0.15) is 0 Å². The summed E-state index contributed by atoms with van der Waals surface area (Å²) in [5.74, 6) is 0.783. The summed E-state index contributed by atoms with van der Waals surface area (Å²) in [6, 6.07) is 16.2. The molecule has 0 unspecified atom stereocenters. The Morgan fingerprint density at radius 3 is 2.72 bits per heavy atom. The number of nitrogens with one attached hydrogen (secondary N) is 2. The number of thiophene rings is 1. The summed E-state index contributed by atoms with van der Waals surface area (Å²) in [7, 11) is 0. The Morgan fingerprint density at radius 2 is 1.95 bits per heavy atom. The molecule has 196 valence electrons. The molecule has 1 fully saturated rings. The Kier molecular flexibility index (Phi) is 6.32. The predicted molar refractivity (Wildman–Crippen MR) is 152 cm³/mol. The van der Waals surface area contributed by atoms with E-state index in [2.05, 4.69) is 20.6 Å². The smallest absolute Gasteiger partial charge is 0.331 e. The maximum Gasteiger partial charge on any atom is 0.331 e. The Labute approximate surface area is 228 Å². The zero-order valence-electron chi connectivity index (χ0n) is 21.4. The number of aryl methyl sites for hydroxylation is 1. The molecule has 0 spiro atoms. The molecule has 39 heavy (non-hydrogen) atoms. The number of hydrogen-bond donors (Lipinski definition) is 2. The highest BCUT2D eigenvalue weighted by molar-refractivity contribution is 7.21. The maximum absolute atomic E-state index is 13.5. The monoisotopic (exact) mass is 539 g/mol. The van der Waals surface area contributed by atoms with Gasteiger partial charge in [-0.3, -0.25) is 14.5 Å². The molecule has 2 aromatic heterocycles. The quantitative estimate of drug-likeness (QED) is 0.307. The summed E-state index contributed by atoms with van der Waals surface area (Å²) in [5.41, 5.74) is 3.32. The molecule has 1 aliphatic carbocycles. The number of urea groups is 1. The van der Waals surface area contributed by atoms with Crippen LogP contribution < -0.4 is 20.3 Å². The molecule has 2 N–H and O–H groups in total. The highest BCUT2D eigenvalue weighted by atomic mass is 32.1. The van der Waals surface area contributed by atoms with Crippen molar-refractivity contribution in [1.82, 2.24) is 10.3 Å². The van der Waals surface area contributed by atoms with E-state index in [1.165, 1.54) is 18.3 Å². The van der Waals surface area contributed by atoms with Crippen LogP contribution in [0.5, 0.6) is 11.5 Å². The molecular weight excluding hydrogens is 514 g/mol. The largest absolute Gasteiger partial charge is 0.457 e. The van der Waals surface area contributed by atoms with Crippen molar-refractivity contribution in [2.24, 2.45) is 4.99 Å². The second-order valence-electron chi connectivity index (χ2n) is 9.49. The van der Waals surface area contributed by atoms with Crippen LogP contribution in [-0.2, 0) is 4.79 Å². The number of carbonyl (C=O) groups excluding carboxylic acids is 3. The number of aliphatic imine (C=N–C) groups is 1. The van der Waals surface area contributed by atoms with Crippen LogP contribution in [0.1, 0.15) is 41.4 Å². The second kappa shape index (κ2) is 9.95. The van der Waals surface area contributed by atoms with Crippen LogP contribution in [0.25, 0.3) is 10.2 Å². The Morgan fingerprint density at radius 1 is 1.13 bits per heavy atom. The fourth-order valence-corrected chi connectivity index (χ4v) is 6.12. The Hall–Kier alpha value is -4.57. The summed E-state index contributed by atoms with van der Waals surface area (Å²) in [6.45, 7) is 3.32. The summed E-state index contributed by atoms with van der Waals surface area (Å²) in [5, 5.41) is 6.65. The number of benzene rings is 2. The molecule has 0 saturated heterocycles. The number of amides is 4. The SMILES string of the molecule is CC(=O)N=C1CCC[C@@H]1NC(=O)c1sc2nccc3c2c1NC(=O)N3c1ccc(Oc2ccccc2)cc1C. The molecule has 1 saturated carbocycles. The minimum absolute atomic E-state index is 0.278. The lowest BCUT2D eigenvalue weighted by molar-refractivity contribution is -0.115. The summed E-state index contributed by atoms with van der Waals surface area (Å²) >= 11 is 1.23. The van der Waals surface area contributed by atoms with Gasteiger partial charge in [0.15, 0.2) is 0 Å². The first kappa shape index (κ1) is 24.7. The fraction of sp³-hybridized carbons (Fsp3) is 0.207. The standard InChI is InChI=1S/C29H25N5O4S/c1-16-15-19(38-18-7-4-3-5-8-18)11-12-22(16)34-23-13-14-30-28-24(23)25(33-29(34)37)26(39-28)27(36)32-21-10-6-9-20(21)31-17(2)35/h3-5,7-8,11-15,21H,6,9-10H2,1-2H3,(H,32,36)(H,33,37)/t21-/m0/s1. The van der Waals surface area contributed by atoms with E-state index in [0.29, 0.717) is 56.5 Å². The Bertz CT molecular complexity index is 1660. The number of pyridine rings is 1. The number of para-hydroxylation sites is 1. The number of aromatic nitrogens is 1. The van der Waals surface area contributed by atoms with Gasteiger partial charge in [0.1, 0.15) is 21.2 Å². The van der Waals surface area contributed by atoms with Crippen molar-refractivity contribution >= 4 is 62.2 Å². The van der Waals surface area contributed by atoms with Gasteiger partial charge in [0, 0.05) is 18.8 Å². The third kappa shape index (κ3) is 4.63. The van der Waals surface area contributed by atoms with Gasteiger partial charge >= 0.3 is 6.03 Å².